The van der Waals surface area contributed by atoms with Gasteiger partial charge in [-0.2, -0.15) is 0 Å². The Morgan fingerprint density at radius 1 is 0.839 bits per heavy atom. The minimum Gasteiger partial charge on any atom is -0.393 e. The maximum atomic E-state index is 11.4. The zero-order valence-corrected chi connectivity index (χ0v) is 21.4. The molecule has 4 rings (SSSR count). The van der Waals surface area contributed by atoms with E-state index in [9.17, 15) is 10.2 Å². The molecule has 0 bridgehead atoms. The van der Waals surface area contributed by atoms with Gasteiger partial charge >= 0.3 is 0 Å². The van der Waals surface area contributed by atoms with E-state index in [2.05, 4.69) is 41.5 Å². The molecule has 4 saturated carbocycles. The van der Waals surface area contributed by atoms with Crippen molar-refractivity contribution in [3.8, 4) is 0 Å². The summed E-state index contributed by atoms with van der Waals surface area (Å²) in [5, 5.41) is 21.7. The summed E-state index contributed by atoms with van der Waals surface area (Å²) in [5.74, 6) is 5.75. The van der Waals surface area contributed by atoms with Gasteiger partial charge in [-0.3, -0.25) is 0 Å². The Hall–Kier alpha value is -0.0800. The van der Waals surface area contributed by atoms with Crippen LogP contribution in [0.3, 0.4) is 0 Å². The summed E-state index contributed by atoms with van der Waals surface area (Å²) < 4.78 is 0. The highest BCUT2D eigenvalue weighted by molar-refractivity contribution is 5.11. The Morgan fingerprint density at radius 3 is 2.19 bits per heavy atom. The third-order valence-electron chi connectivity index (χ3n) is 11.9. The van der Waals surface area contributed by atoms with Crippen molar-refractivity contribution in [3.05, 3.63) is 0 Å². The van der Waals surface area contributed by atoms with Crippen LogP contribution in [-0.2, 0) is 0 Å². The summed E-state index contributed by atoms with van der Waals surface area (Å²) in [5.41, 5.74) is 0.776. The minimum atomic E-state index is -0.141. The standard InChI is InChI=1S/C29H52O2/c1-7-20(18(2)3)9-8-19(4)23-10-11-24-27-25(13-15-29(23,24)6)28(5)14-12-22(30)16-21(28)17-26(27)31/h18-27,30-31H,7-17H2,1-6H3/t19-,20-,21+,22?,23-,24?,25?,26?,27+,28+,29-/m1/s1. The van der Waals surface area contributed by atoms with Crippen LogP contribution in [0.5, 0.6) is 0 Å². The van der Waals surface area contributed by atoms with Gasteiger partial charge in [-0.25, -0.2) is 0 Å². The lowest BCUT2D eigenvalue weighted by Crippen LogP contribution is -2.58. The van der Waals surface area contributed by atoms with Crippen molar-refractivity contribution in [1.29, 1.82) is 0 Å². The summed E-state index contributed by atoms with van der Waals surface area (Å²) in [6.45, 7) is 14.9. The molecular weight excluding hydrogens is 380 g/mol. The number of rotatable bonds is 6. The molecule has 0 aliphatic heterocycles. The van der Waals surface area contributed by atoms with Gasteiger partial charge in [0.05, 0.1) is 12.2 Å². The predicted molar refractivity (Wildman–Crippen MR) is 130 cm³/mol. The molecule has 0 saturated heterocycles. The van der Waals surface area contributed by atoms with Crippen molar-refractivity contribution in [2.45, 2.75) is 124 Å². The Balaban J connectivity index is 1.49. The van der Waals surface area contributed by atoms with E-state index in [0.29, 0.717) is 34.5 Å². The van der Waals surface area contributed by atoms with E-state index < -0.39 is 0 Å². The first-order valence-corrected chi connectivity index (χ1v) is 14.0. The number of hydrogen-bond acceptors (Lipinski definition) is 2. The van der Waals surface area contributed by atoms with Gasteiger partial charge in [0.15, 0.2) is 0 Å². The summed E-state index contributed by atoms with van der Waals surface area (Å²) >= 11 is 0. The molecule has 2 heteroatoms. The fourth-order valence-electron chi connectivity index (χ4n) is 9.86. The quantitative estimate of drug-likeness (QED) is 0.471. The Bertz CT molecular complexity index is 616. The van der Waals surface area contributed by atoms with Crippen LogP contribution in [0.25, 0.3) is 0 Å². The van der Waals surface area contributed by atoms with E-state index >= 15 is 0 Å². The van der Waals surface area contributed by atoms with Crippen LogP contribution in [0.15, 0.2) is 0 Å². The largest absolute Gasteiger partial charge is 0.393 e. The van der Waals surface area contributed by atoms with Crippen LogP contribution >= 0.6 is 0 Å². The van der Waals surface area contributed by atoms with Gasteiger partial charge in [0.1, 0.15) is 0 Å². The van der Waals surface area contributed by atoms with Crippen LogP contribution in [-0.4, -0.2) is 22.4 Å². The summed E-state index contributed by atoms with van der Waals surface area (Å²) in [6, 6.07) is 0. The van der Waals surface area contributed by atoms with Crippen molar-refractivity contribution in [2.24, 2.45) is 58.2 Å². The van der Waals surface area contributed by atoms with Crippen LogP contribution in [0.1, 0.15) is 112 Å². The van der Waals surface area contributed by atoms with Gasteiger partial charge in [-0.1, -0.05) is 54.4 Å². The molecule has 11 atom stereocenters. The third kappa shape index (κ3) is 4.05. The van der Waals surface area contributed by atoms with Gasteiger partial charge in [0, 0.05) is 0 Å². The van der Waals surface area contributed by atoms with Gasteiger partial charge in [0.25, 0.3) is 0 Å². The van der Waals surface area contributed by atoms with Gasteiger partial charge in [0.2, 0.25) is 0 Å². The van der Waals surface area contributed by atoms with Crippen molar-refractivity contribution in [2.75, 3.05) is 0 Å². The molecule has 4 aliphatic carbocycles. The molecule has 0 aromatic rings. The second-order valence-electron chi connectivity index (χ2n) is 13.4. The average Bonchev–Trinajstić information content (AvgIpc) is 3.06. The first-order chi connectivity index (χ1) is 14.6. The van der Waals surface area contributed by atoms with Crippen LogP contribution in [0.2, 0.25) is 0 Å². The molecule has 2 nitrogen and oxygen atoms in total. The second kappa shape index (κ2) is 8.94. The first-order valence-electron chi connectivity index (χ1n) is 14.0. The zero-order valence-electron chi connectivity index (χ0n) is 21.4. The molecule has 31 heavy (non-hydrogen) atoms. The lowest BCUT2D eigenvalue weighted by Gasteiger charge is -2.62. The Kier molecular flexibility index (Phi) is 6.93. The molecule has 4 fully saturated rings. The minimum absolute atomic E-state index is 0.134. The van der Waals surface area contributed by atoms with Crippen LogP contribution in [0.4, 0.5) is 0 Å². The molecule has 0 aromatic heterocycles. The highest BCUT2D eigenvalue weighted by Crippen LogP contribution is 2.68. The van der Waals surface area contributed by atoms with Crippen molar-refractivity contribution in [3.63, 3.8) is 0 Å². The number of aliphatic hydroxyl groups excluding tert-OH is 2. The molecule has 4 aliphatic rings. The number of hydrogen-bond donors (Lipinski definition) is 2. The normalized spacial score (nSPS) is 49.3. The average molecular weight is 433 g/mol. The first kappa shape index (κ1) is 24.1. The number of aliphatic hydroxyl groups is 2. The van der Waals surface area contributed by atoms with Gasteiger partial charge < -0.3 is 10.2 Å². The molecule has 0 aromatic carbocycles. The molecule has 0 heterocycles. The van der Waals surface area contributed by atoms with Gasteiger partial charge in [-0.05, 0) is 116 Å². The highest BCUT2D eigenvalue weighted by Gasteiger charge is 2.62. The fourth-order valence-corrected chi connectivity index (χ4v) is 9.86. The molecule has 4 unspecified atom stereocenters. The third-order valence-corrected chi connectivity index (χ3v) is 11.9. The summed E-state index contributed by atoms with van der Waals surface area (Å²) in [7, 11) is 0. The molecule has 0 spiro atoms. The Morgan fingerprint density at radius 2 is 1.52 bits per heavy atom. The van der Waals surface area contributed by atoms with E-state index in [1.165, 1.54) is 51.4 Å². The molecule has 0 amide bonds. The number of fused-ring (bicyclic) bond motifs is 5. The second-order valence-corrected chi connectivity index (χ2v) is 13.4. The molecule has 180 valence electrons. The van der Waals surface area contributed by atoms with E-state index in [0.717, 1.165) is 42.9 Å². The summed E-state index contributed by atoms with van der Waals surface area (Å²) in [4.78, 5) is 0. The topological polar surface area (TPSA) is 40.5 Å². The van der Waals surface area contributed by atoms with Crippen LogP contribution in [0, 0.1) is 58.2 Å². The SMILES string of the molecule is CC[C@H](CC[C@@H](C)[C@H]1CCC2[C@@H]3C(O)C[C@@H]4CC(O)CC[C@]4(C)C3CC[C@@]21C)C(C)C. The zero-order chi connectivity index (χ0) is 22.6. The van der Waals surface area contributed by atoms with Crippen molar-refractivity contribution < 1.29 is 10.2 Å². The van der Waals surface area contributed by atoms with Crippen molar-refractivity contribution in [1.82, 2.24) is 0 Å². The molecule has 0 radical (unpaired) electrons. The smallest absolute Gasteiger partial charge is 0.0577 e. The van der Waals surface area contributed by atoms with Crippen LogP contribution < -0.4 is 0 Å². The summed E-state index contributed by atoms with van der Waals surface area (Å²) in [6.07, 6.45) is 13.2. The van der Waals surface area contributed by atoms with E-state index in [1.54, 1.807) is 0 Å². The van der Waals surface area contributed by atoms with Crippen molar-refractivity contribution >= 4 is 0 Å². The maximum Gasteiger partial charge on any atom is 0.0577 e. The highest BCUT2D eigenvalue weighted by atomic mass is 16.3. The lowest BCUT2D eigenvalue weighted by molar-refractivity contribution is -0.174. The van der Waals surface area contributed by atoms with E-state index in [1.807, 2.05) is 0 Å². The van der Waals surface area contributed by atoms with E-state index in [4.69, 9.17) is 0 Å². The van der Waals surface area contributed by atoms with E-state index in [-0.39, 0.29) is 12.2 Å². The predicted octanol–water partition coefficient (Wildman–Crippen LogP) is 7.08. The Labute approximate surface area is 193 Å². The lowest BCUT2D eigenvalue weighted by atomic mass is 9.43. The fraction of sp³-hybridized carbons (Fsp3) is 1.00. The molecule has 2 N–H and O–H groups in total. The van der Waals surface area contributed by atoms with Gasteiger partial charge in [-0.15, -0.1) is 0 Å². The maximum absolute atomic E-state index is 11.4. The monoisotopic (exact) mass is 432 g/mol. The molecular formula is C29H52O2.